The summed E-state index contributed by atoms with van der Waals surface area (Å²) < 4.78 is 5.88. The molecule has 0 radical (unpaired) electrons. The third-order valence-corrected chi connectivity index (χ3v) is 5.33. The van der Waals surface area contributed by atoms with Gasteiger partial charge in [-0.2, -0.15) is 0 Å². The number of ether oxygens (including phenoxy) is 1. The number of amides is 1. The molecule has 1 unspecified atom stereocenters. The predicted octanol–water partition coefficient (Wildman–Crippen LogP) is 2.67. The van der Waals surface area contributed by atoms with Crippen molar-refractivity contribution in [2.24, 2.45) is 5.73 Å². The number of hydrogen-bond acceptors (Lipinski definition) is 3. The molecule has 0 saturated carbocycles. The number of carbonyl (C=O) groups excluding carboxylic acids is 1. The maximum atomic E-state index is 13.2. The van der Waals surface area contributed by atoms with E-state index in [-0.39, 0.29) is 24.2 Å². The summed E-state index contributed by atoms with van der Waals surface area (Å²) >= 11 is 0. The minimum Gasteiger partial charge on any atom is -0.364 e. The minimum atomic E-state index is -0.356. The molecule has 130 valence electrons. The molecule has 0 aromatic heterocycles. The normalized spacial score (nSPS) is 25.6. The van der Waals surface area contributed by atoms with Crippen molar-refractivity contribution in [3.05, 3.63) is 71.3 Å². The second-order valence-electron chi connectivity index (χ2n) is 6.85. The zero-order valence-electron chi connectivity index (χ0n) is 14.3. The monoisotopic (exact) mass is 336 g/mol. The summed E-state index contributed by atoms with van der Waals surface area (Å²) in [7, 11) is 0. The lowest BCUT2D eigenvalue weighted by Crippen LogP contribution is -2.45. The van der Waals surface area contributed by atoms with E-state index < -0.39 is 0 Å². The first kappa shape index (κ1) is 16.3. The van der Waals surface area contributed by atoms with Crippen LogP contribution in [0, 0.1) is 0 Å². The van der Waals surface area contributed by atoms with Gasteiger partial charge in [-0.25, -0.2) is 0 Å². The molecule has 4 nitrogen and oxygen atoms in total. The molecule has 4 heteroatoms. The van der Waals surface area contributed by atoms with Crippen molar-refractivity contribution >= 4 is 5.91 Å². The Bertz CT molecular complexity index is 747. The Hall–Kier alpha value is -2.17. The van der Waals surface area contributed by atoms with Gasteiger partial charge in [0.15, 0.2) is 0 Å². The van der Waals surface area contributed by atoms with E-state index in [4.69, 9.17) is 10.5 Å². The van der Waals surface area contributed by atoms with Crippen LogP contribution in [0.1, 0.15) is 35.6 Å². The van der Waals surface area contributed by atoms with E-state index in [1.54, 1.807) is 0 Å². The summed E-state index contributed by atoms with van der Waals surface area (Å²) in [5.74, 6) is 0.0966. The quantitative estimate of drug-likeness (QED) is 0.937. The Morgan fingerprint density at radius 1 is 1.08 bits per heavy atom. The zero-order valence-corrected chi connectivity index (χ0v) is 14.3. The van der Waals surface area contributed by atoms with Crippen LogP contribution in [0.4, 0.5) is 0 Å². The van der Waals surface area contributed by atoms with Gasteiger partial charge in [-0.1, -0.05) is 54.6 Å². The van der Waals surface area contributed by atoms with E-state index >= 15 is 0 Å². The van der Waals surface area contributed by atoms with E-state index in [0.29, 0.717) is 6.54 Å². The smallest absolute Gasteiger partial charge is 0.252 e. The molecule has 2 N–H and O–H groups in total. The van der Waals surface area contributed by atoms with Gasteiger partial charge in [-0.15, -0.1) is 0 Å². The molecular formula is C21H24N2O2. The van der Waals surface area contributed by atoms with Crippen molar-refractivity contribution in [1.82, 2.24) is 4.90 Å². The molecule has 2 aromatic carbocycles. The summed E-state index contributed by atoms with van der Waals surface area (Å²) in [5.41, 5.74) is 9.41. The third kappa shape index (κ3) is 3.08. The molecule has 2 aromatic rings. The highest BCUT2D eigenvalue weighted by molar-refractivity contribution is 5.82. The van der Waals surface area contributed by atoms with E-state index in [0.717, 1.165) is 31.4 Å². The number of hydrogen-bond donors (Lipinski definition) is 1. The van der Waals surface area contributed by atoms with Gasteiger partial charge in [-0.05, 0) is 36.0 Å². The van der Waals surface area contributed by atoms with Crippen molar-refractivity contribution in [3.63, 3.8) is 0 Å². The lowest BCUT2D eigenvalue weighted by Gasteiger charge is -2.39. The first-order chi connectivity index (χ1) is 12.3. The van der Waals surface area contributed by atoms with Crippen LogP contribution in [0.2, 0.25) is 0 Å². The molecule has 2 aliphatic rings. The molecule has 2 aliphatic heterocycles. The molecule has 0 aliphatic carbocycles. The standard InChI is InChI=1S/C21H24N2O2/c22-14-17-10-11-19(25-17)21(24)23-13-12-15-6-4-5-9-18(15)20(23)16-7-2-1-3-8-16/h1-9,17,19-20H,10-14,22H2/t17-,19+,20?/m1/s1. The second-order valence-corrected chi connectivity index (χ2v) is 6.85. The van der Waals surface area contributed by atoms with Crippen molar-refractivity contribution < 1.29 is 9.53 Å². The van der Waals surface area contributed by atoms with Crippen LogP contribution in [0.15, 0.2) is 54.6 Å². The number of nitrogens with zero attached hydrogens (tertiary/aromatic N) is 1. The van der Waals surface area contributed by atoms with Crippen molar-refractivity contribution in [2.75, 3.05) is 13.1 Å². The Balaban J connectivity index is 1.68. The summed E-state index contributed by atoms with van der Waals surface area (Å²) in [5, 5.41) is 0. The Kier molecular flexibility index (Phi) is 4.55. The molecule has 2 heterocycles. The average molecular weight is 336 g/mol. The van der Waals surface area contributed by atoms with Gasteiger partial charge < -0.3 is 15.4 Å². The SMILES string of the molecule is NC[C@H]1CC[C@@H](C(=O)N2CCc3ccccc3C2c2ccccc2)O1. The van der Waals surface area contributed by atoms with Crippen molar-refractivity contribution in [2.45, 2.75) is 37.5 Å². The highest BCUT2D eigenvalue weighted by atomic mass is 16.5. The second kappa shape index (κ2) is 6.98. The van der Waals surface area contributed by atoms with Crippen molar-refractivity contribution in [3.8, 4) is 0 Å². The molecule has 0 bridgehead atoms. The largest absolute Gasteiger partial charge is 0.364 e. The topological polar surface area (TPSA) is 55.6 Å². The van der Waals surface area contributed by atoms with Gasteiger partial charge in [0.25, 0.3) is 5.91 Å². The number of nitrogens with two attached hydrogens (primary N) is 1. The van der Waals surface area contributed by atoms with Gasteiger partial charge in [-0.3, -0.25) is 4.79 Å². The molecular weight excluding hydrogens is 312 g/mol. The molecule has 3 atom stereocenters. The van der Waals surface area contributed by atoms with E-state index in [9.17, 15) is 4.79 Å². The maximum absolute atomic E-state index is 13.2. The van der Waals surface area contributed by atoms with Gasteiger partial charge >= 0.3 is 0 Å². The van der Waals surface area contributed by atoms with E-state index in [1.807, 2.05) is 23.1 Å². The summed E-state index contributed by atoms with van der Waals surface area (Å²) in [6.07, 6.45) is 2.18. The van der Waals surface area contributed by atoms with Gasteiger partial charge in [0, 0.05) is 13.1 Å². The number of benzene rings is 2. The van der Waals surface area contributed by atoms with Crippen LogP contribution in [0.3, 0.4) is 0 Å². The molecule has 1 amide bonds. The number of fused-ring (bicyclic) bond motifs is 1. The third-order valence-electron chi connectivity index (χ3n) is 5.33. The summed E-state index contributed by atoms with van der Waals surface area (Å²) in [6.45, 7) is 1.21. The summed E-state index contributed by atoms with van der Waals surface area (Å²) in [6, 6.07) is 18.7. The van der Waals surface area contributed by atoms with Gasteiger partial charge in [0.2, 0.25) is 0 Å². The fourth-order valence-electron chi connectivity index (χ4n) is 4.04. The van der Waals surface area contributed by atoms with Gasteiger partial charge in [0.1, 0.15) is 6.10 Å². The minimum absolute atomic E-state index is 0.0150. The predicted molar refractivity (Wildman–Crippen MR) is 97.1 cm³/mol. The van der Waals surface area contributed by atoms with Crippen LogP contribution in [0.25, 0.3) is 0 Å². The first-order valence-corrected chi connectivity index (χ1v) is 9.06. The molecule has 4 rings (SSSR count). The number of rotatable bonds is 3. The van der Waals surface area contributed by atoms with Crippen LogP contribution < -0.4 is 5.73 Å². The Morgan fingerprint density at radius 3 is 2.60 bits per heavy atom. The Labute approximate surface area is 148 Å². The zero-order chi connectivity index (χ0) is 17.2. The first-order valence-electron chi connectivity index (χ1n) is 9.06. The highest BCUT2D eigenvalue weighted by Crippen LogP contribution is 2.36. The highest BCUT2D eigenvalue weighted by Gasteiger charge is 2.38. The maximum Gasteiger partial charge on any atom is 0.252 e. The van der Waals surface area contributed by atoms with Crippen LogP contribution in [-0.4, -0.2) is 36.1 Å². The van der Waals surface area contributed by atoms with Gasteiger partial charge in [0.05, 0.1) is 12.1 Å². The van der Waals surface area contributed by atoms with Crippen LogP contribution >= 0.6 is 0 Å². The summed E-state index contributed by atoms with van der Waals surface area (Å²) in [4.78, 5) is 15.2. The molecule has 25 heavy (non-hydrogen) atoms. The van der Waals surface area contributed by atoms with Crippen LogP contribution in [-0.2, 0) is 16.0 Å². The number of carbonyl (C=O) groups is 1. The lowest BCUT2D eigenvalue weighted by molar-refractivity contribution is -0.145. The molecule has 1 saturated heterocycles. The van der Waals surface area contributed by atoms with E-state index in [1.165, 1.54) is 11.1 Å². The fourth-order valence-corrected chi connectivity index (χ4v) is 4.04. The van der Waals surface area contributed by atoms with Crippen LogP contribution in [0.5, 0.6) is 0 Å². The fraction of sp³-hybridized carbons (Fsp3) is 0.381. The average Bonchev–Trinajstić information content (AvgIpc) is 3.16. The lowest BCUT2D eigenvalue weighted by atomic mass is 9.88. The van der Waals surface area contributed by atoms with E-state index in [2.05, 4.69) is 36.4 Å². The van der Waals surface area contributed by atoms with Crippen molar-refractivity contribution in [1.29, 1.82) is 0 Å². The molecule has 1 fully saturated rings. The Morgan fingerprint density at radius 2 is 1.84 bits per heavy atom. The molecule has 0 spiro atoms.